The molecule has 0 aliphatic heterocycles. The van der Waals surface area contributed by atoms with E-state index in [4.69, 9.17) is 10.7 Å². The minimum atomic E-state index is -1.01. The molecule has 0 fully saturated rings. The third kappa shape index (κ3) is 7.53. The van der Waals surface area contributed by atoms with Crippen LogP contribution in [0.5, 0.6) is 0 Å². The van der Waals surface area contributed by atoms with Crippen molar-refractivity contribution < 1.29 is 19.1 Å². The fraction of sp³-hybridized carbons (Fsp3) is 0.346. The monoisotopic (exact) mass is 508 g/mol. The highest BCUT2D eigenvalue weighted by molar-refractivity contribution is 5.96. The maximum Gasteiger partial charge on any atom is 0.407 e. The van der Waals surface area contributed by atoms with Gasteiger partial charge in [-0.15, -0.1) is 0 Å². The summed E-state index contributed by atoms with van der Waals surface area (Å²) in [6.07, 6.45) is 4.81. The van der Waals surface area contributed by atoms with Gasteiger partial charge in [0.25, 0.3) is 5.56 Å². The maximum atomic E-state index is 13.1. The number of nitrogens with zero attached hydrogens (tertiary/aromatic N) is 2. The van der Waals surface area contributed by atoms with Crippen molar-refractivity contribution in [1.29, 1.82) is 0 Å². The van der Waals surface area contributed by atoms with Crippen molar-refractivity contribution in [2.75, 3.05) is 12.4 Å². The number of carbonyl (C=O) groups excluding carboxylic acids is 3. The first-order valence-corrected chi connectivity index (χ1v) is 11.9. The summed E-state index contributed by atoms with van der Waals surface area (Å²) in [5, 5.41) is 5.02. The Balaban J connectivity index is 1.78. The van der Waals surface area contributed by atoms with Gasteiger partial charge in [-0.1, -0.05) is 32.1 Å². The second kappa shape index (κ2) is 12.5. The van der Waals surface area contributed by atoms with Crippen LogP contribution < -0.4 is 21.9 Å². The third-order valence-corrected chi connectivity index (χ3v) is 5.57. The van der Waals surface area contributed by atoms with Gasteiger partial charge in [0.15, 0.2) is 0 Å². The molecule has 1 aromatic carbocycles. The van der Waals surface area contributed by atoms with E-state index in [9.17, 15) is 19.2 Å². The van der Waals surface area contributed by atoms with E-state index in [1.54, 1.807) is 12.3 Å². The summed E-state index contributed by atoms with van der Waals surface area (Å²) in [6.45, 7) is 4.48. The number of amides is 3. The topological polar surface area (TPSA) is 161 Å². The number of methoxy groups -OCH3 is 1. The van der Waals surface area contributed by atoms with Gasteiger partial charge in [0, 0.05) is 6.20 Å². The molecule has 0 aliphatic carbocycles. The number of allylic oxidation sites excluding steroid dienone is 1. The van der Waals surface area contributed by atoms with Gasteiger partial charge in [-0.05, 0) is 55.0 Å². The number of rotatable bonds is 11. The van der Waals surface area contributed by atoms with Crippen molar-refractivity contribution in [2.45, 2.75) is 45.7 Å². The summed E-state index contributed by atoms with van der Waals surface area (Å²) >= 11 is 0. The van der Waals surface area contributed by atoms with Crippen LogP contribution in [0, 0.1) is 5.92 Å². The number of nitrogens with two attached hydrogens (primary N) is 1. The number of benzene rings is 1. The lowest BCUT2D eigenvalue weighted by Gasteiger charge is -2.17. The number of primary amides is 1. The van der Waals surface area contributed by atoms with Crippen LogP contribution in [0.25, 0.3) is 11.0 Å². The number of H-pyrrole nitrogens is 1. The number of para-hydroxylation sites is 1. The zero-order valence-corrected chi connectivity index (χ0v) is 21.1. The average Bonchev–Trinajstić information content (AvgIpc) is 3.26. The van der Waals surface area contributed by atoms with Crippen LogP contribution in [-0.2, 0) is 27.3 Å². The standard InChI is InChI=1S/C26H32N6O5/c1-16(2)14-17-8-6-10-18-23(17)31-22(28-18)15-32-13-7-11-20(25(32)35)29-24(34)19(30-26(36)37-3)9-4-5-12-21(27)33/h5-8,10-13,16,19H,4,9,14-15H2,1-3H3,(H2,27,33)(H,28,31)(H,29,34)(H,30,36)/b12-5+/t19-/m0/s1. The molecule has 0 bridgehead atoms. The first-order chi connectivity index (χ1) is 17.7. The minimum absolute atomic E-state index is 0.0495. The second-order valence-electron chi connectivity index (χ2n) is 9.01. The summed E-state index contributed by atoms with van der Waals surface area (Å²) in [7, 11) is 1.18. The van der Waals surface area contributed by atoms with Gasteiger partial charge in [0.1, 0.15) is 17.6 Å². The summed E-state index contributed by atoms with van der Waals surface area (Å²) in [5.74, 6) is -0.129. The van der Waals surface area contributed by atoms with Crippen LogP contribution in [0.4, 0.5) is 10.5 Å². The molecule has 3 aromatic rings. The van der Waals surface area contributed by atoms with Crippen LogP contribution >= 0.6 is 0 Å². The maximum absolute atomic E-state index is 13.1. The van der Waals surface area contributed by atoms with Crippen molar-refractivity contribution in [3.8, 4) is 0 Å². The molecule has 3 amide bonds. The number of imidazole rings is 1. The molecule has 0 aliphatic rings. The average molecular weight is 509 g/mol. The van der Waals surface area contributed by atoms with Crippen molar-refractivity contribution >= 4 is 34.6 Å². The molecule has 11 nitrogen and oxygen atoms in total. The molecule has 5 N–H and O–H groups in total. The zero-order chi connectivity index (χ0) is 26.9. The third-order valence-electron chi connectivity index (χ3n) is 5.57. The van der Waals surface area contributed by atoms with Gasteiger partial charge in [-0.3, -0.25) is 14.4 Å². The highest BCUT2D eigenvalue weighted by atomic mass is 16.5. The molecule has 196 valence electrons. The molecule has 2 aromatic heterocycles. The Kier molecular flexibility index (Phi) is 9.20. The number of hydrogen-bond acceptors (Lipinski definition) is 6. The zero-order valence-electron chi connectivity index (χ0n) is 21.1. The number of hydrogen-bond donors (Lipinski definition) is 4. The summed E-state index contributed by atoms with van der Waals surface area (Å²) in [4.78, 5) is 56.6. The van der Waals surface area contributed by atoms with E-state index in [1.807, 2.05) is 12.1 Å². The number of alkyl carbamates (subject to hydrolysis) is 1. The van der Waals surface area contributed by atoms with Crippen LogP contribution in [0.1, 0.15) is 38.1 Å². The van der Waals surface area contributed by atoms with Crippen molar-refractivity contribution in [3.05, 3.63) is 70.4 Å². The number of anilines is 1. The highest BCUT2D eigenvalue weighted by Gasteiger charge is 2.22. The van der Waals surface area contributed by atoms with E-state index in [0.29, 0.717) is 11.7 Å². The van der Waals surface area contributed by atoms with Crippen molar-refractivity contribution in [3.63, 3.8) is 0 Å². The second-order valence-corrected chi connectivity index (χ2v) is 9.01. The van der Waals surface area contributed by atoms with Gasteiger partial charge in [0.2, 0.25) is 11.8 Å². The predicted molar refractivity (Wildman–Crippen MR) is 140 cm³/mol. The van der Waals surface area contributed by atoms with Crippen LogP contribution in [0.15, 0.2) is 53.5 Å². The van der Waals surface area contributed by atoms with E-state index in [0.717, 1.165) is 23.0 Å². The quantitative estimate of drug-likeness (QED) is 0.291. The molecule has 11 heteroatoms. The Labute approximate surface area is 214 Å². The molecule has 0 saturated heterocycles. The first-order valence-electron chi connectivity index (χ1n) is 11.9. The molecule has 2 heterocycles. The molecule has 37 heavy (non-hydrogen) atoms. The SMILES string of the molecule is COC(=O)N[C@@H](CC/C=C/C(N)=O)C(=O)Nc1cccn(Cc2nc3c(CC(C)C)cccc3[nH]2)c1=O. The number of nitrogens with one attached hydrogen (secondary N) is 3. The van der Waals surface area contributed by atoms with E-state index in [1.165, 1.54) is 29.9 Å². The Morgan fingerprint density at radius 1 is 1.22 bits per heavy atom. The molecular weight excluding hydrogens is 476 g/mol. The Bertz CT molecular complexity index is 1360. The number of fused-ring (bicyclic) bond motifs is 1. The predicted octanol–water partition coefficient (Wildman–Crippen LogP) is 2.46. The van der Waals surface area contributed by atoms with Gasteiger partial charge in [-0.25, -0.2) is 9.78 Å². The number of aromatic amines is 1. The van der Waals surface area contributed by atoms with E-state index >= 15 is 0 Å². The Hall–Kier alpha value is -4.41. The summed E-state index contributed by atoms with van der Waals surface area (Å²) < 4.78 is 6.03. The lowest BCUT2D eigenvalue weighted by atomic mass is 10.0. The molecule has 0 unspecified atom stereocenters. The van der Waals surface area contributed by atoms with E-state index < -0.39 is 29.5 Å². The van der Waals surface area contributed by atoms with Gasteiger partial charge >= 0.3 is 6.09 Å². The molecule has 0 spiro atoms. The van der Waals surface area contributed by atoms with E-state index in [-0.39, 0.29) is 25.1 Å². The minimum Gasteiger partial charge on any atom is -0.453 e. The Morgan fingerprint density at radius 2 is 2.00 bits per heavy atom. The fourth-order valence-electron chi connectivity index (χ4n) is 3.89. The summed E-state index contributed by atoms with van der Waals surface area (Å²) in [6, 6.07) is 8.10. The number of carbonyl (C=O) groups is 3. The van der Waals surface area contributed by atoms with Gasteiger partial charge in [-0.2, -0.15) is 0 Å². The normalized spacial score (nSPS) is 12.1. The fourth-order valence-corrected chi connectivity index (χ4v) is 3.89. The number of aromatic nitrogens is 3. The van der Waals surface area contributed by atoms with Crippen LogP contribution in [0.3, 0.4) is 0 Å². The first kappa shape index (κ1) is 27.2. The molecule has 0 saturated carbocycles. The molecule has 3 rings (SSSR count). The summed E-state index contributed by atoms with van der Waals surface area (Å²) in [5.41, 5.74) is 7.61. The van der Waals surface area contributed by atoms with E-state index in [2.05, 4.69) is 40.3 Å². The van der Waals surface area contributed by atoms with Crippen LogP contribution in [-0.4, -0.2) is 45.6 Å². The van der Waals surface area contributed by atoms with Crippen molar-refractivity contribution in [2.24, 2.45) is 11.7 Å². The molecular formula is C26H32N6O5. The highest BCUT2D eigenvalue weighted by Crippen LogP contribution is 2.20. The largest absolute Gasteiger partial charge is 0.453 e. The Morgan fingerprint density at radius 3 is 2.70 bits per heavy atom. The van der Waals surface area contributed by atoms with Gasteiger partial charge < -0.3 is 30.7 Å². The number of ether oxygens (including phenoxy) is 1. The lowest BCUT2D eigenvalue weighted by Crippen LogP contribution is -2.44. The lowest BCUT2D eigenvalue weighted by molar-refractivity contribution is -0.118. The van der Waals surface area contributed by atoms with Crippen molar-refractivity contribution in [1.82, 2.24) is 19.9 Å². The number of pyridine rings is 1. The van der Waals surface area contributed by atoms with Gasteiger partial charge in [0.05, 0.1) is 24.7 Å². The smallest absolute Gasteiger partial charge is 0.407 e. The molecule has 1 atom stereocenters. The molecule has 0 radical (unpaired) electrons. The van der Waals surface area contributed by atoms with Crippen LogP contribution in [0.2, 0.25) is 0 Å².